The van der Waals surface area contributed by atoms with E-state index in [-0.39, 0.29) is 28.8 Å². The van der Waals surface area contributed by atoms with E-state index in [2.05, 4.69) is 20.7 Å². The minimum Gasteiger partial charge on any atom is -0.468 e. The van der Waals surface area contributed by atoms with Gasteiger partial charge in [-0.25, -0.2) is 4.39 Å². The first kappa shape index (κ1) is 17.9. The van der Waals surface area contributed by atoms with Crippen LogP contribution in [0.5, 0.6) is 0 Å². The van der Waals surface area contributed by atoms with Gasteiger partial charge in [0.05, 0.1) is 17.1 Å². The van der Waals surface area contributed by atoms with Crippen molar-refractivity contribution in [1.82, 2.24) is 4.90 Å². The highest BCUT2D eigenvalue weighted by molar-refractivity contribution is 9.10. The van der Waals surface area contributed by atoms with E-state index in [0.717, 1.165) is 11.6 Å². The standard InChI is InChI=1S/C17H16BrFN2O3/c1-24-16(22)10-21(9-11-5-3-2-4-6-11)17(23)12-7-14(19)13(18)8-15(12)20/h2-8H,9-10,20H2,1H3. The summed E-state index contributed by atoms with van der Waals surface area (Å²) in [5, 5.41) is 0. The van der Waals surface area contributed by atoms with Crippen LogP contribution in [0.15, 0.2) is 46.9 Å². The van der Waals surface area contributed by atoms with E-state index in [1.54, 1.807) is 0 Å². The quantitative estimate of drug-likeness (QED) is 0.624. The number of amides is 1. The Morgan fingerprint density at radius 1 is 1.25 bits per heavy atom. The highest BCUT2D eigenvalue weighted by Gasteiger charge is 2.22. The summed E-state index contributed by atoms with van der Waals surface area (Å²) in [6.45, 7) is -0.0900. The monoisotopic (exact) mass is 394 g/mol. The third kappa shape index (κ3) is 4.32. The van der Waals surface area contributed by atoms with Crippen molar-refractivity contribution in [2.24, 2.45) is 0 Å². The summed E-state index contributed by atoms with van der Waals surface area (Å²) in [7, 11) is 1.24. The third-order valence-electron chi connectivity index (χ3n) is 3.37. The van der Waals surface area contributed by atoms with Crippen molar-refractivity contribution in [3.05, 3.63) is 63.9 Å². The van der Waals surface area contributed by atoms with Gasteiger partial charge in [0, 0.05) is 12.2 Å². The second-order valence-electron chi connectivity index (χ2n) is 5.08. The lowest BCUT2D eigenvalue weighted by molar-refractivity contribution is -0.141. The number of halogens is 2. The van der Waals surface area contributed by atoms with Crippen LogP contribution in [0.1, 0.15) is 15.9 Å². The highest BCUT2D eigenvalue weighted by atomic mass is 79.9. The minimum atomic E-state index is -0.606. The number of nitrogens with two attached hydrogens (primary N) is 1. The average Bonchev–Trinajstić information content (AvgIpc) is 2.57. The molecule has 0 heterocycles. The first-order chi connectivity index (χ1) is 11.4. The van der Waals surface area contributed by atoms with Crippen LogP contribution in [0, 0.1) is 5.82 Å². The zero-order valence-electron chi connectivity index (χ0n) is 13.0. The molecular formula is C17H16BrFN2O3. The van der Waals surface area contributed by atoms with Crippen molar-refractivity contribution in [3.8, 4) is 0 Å². The second-order valence-corrected chi connectivity index (χ2v) is 5.93. The summed E-state index contributed by atoms with van der Waals surface area (Å²) in [4.78, 5) is 25.6. The van der Waals surface area contributed by atoms with Gasteiger partial charge < -0.3 is 15.4 Å². The van der Waals surface area contributed by atoms with E-state index in [9.17, 15) is 14.0 Å². The molecule has 0 aliphatic heterocycles. The molecule has 0 bridgehead atoms. The number of ether oxygens (including phenoxy) is 1. The number of carbonyl (C=O) groups is 2. The topological polar surface area (TPSA) is 72.6 Å². The fraction of sp³-hybridized carbons (Fsp3) is 0.176. The van der Waals surface area contributed by atoms with Crippen LogP contribution in [0.25, 0.3) is 0 Å². The lowest BCUT2D eigenvalue weighted by atomic mass is 10.1. The molecule has 126 valence electrons. The molecule has 0 saturated carbocycles. The van der Waals surface area contributed by atoms with Crippen molar-refractivity contribution in [1.29, 1.82) is 0 Å². The van der Waals surface area contributed by atoms with Gasteiger partial charge in [-0.1, -0.05) is 30.3 Å². The molecule has 24 heavy (non-hydrogen) atoms. The Hall–Kier alpha value is -2.41. The predicted octanol–water partition coefficient (Wildman–Crippen LogP) is 2.99. The molecule has 1 amide bonds. The summed E-state index contributed by atoms with van der Waals surface area (Å²) >= 11 is 3.02. The summed E-state index contributed by atoms with van der Waals surface area (Å²) in [6, 6.07) is 11.5. The van der Waals surface area contributed by atoms with Crippen molar-refractivity contribution in [2.45, 2.75) is 6.54 Å². The summed E-state index contributed by atoms with van der Waals surface area (Å²) in [5.74, 6) is -1.73. The molecule has 0 aliphatic rings. The number of benzene rings is 2. The van der Waals surface area contributed by atoms with Gasteiger partial charge in [0.1, 0.15) is 12.4 Å². The second kappa shape index (κ2) is 7.92. The van der Waals surface area contributed by atoms with Gasteiger partial charge in [-0.05, 0) is 33.6 Å². The molecular weight excluding hydrogens is 379 g/mol. The Balaban J connectivity index is 2.33. The Kier molecular flexibility index (Phi) is 5.92. The van der Waals surface area contributed by atoms with Crippen molar-refractivity contribution in [2.75, 3.05) is 19.4 Å². The average molecular weight is 395 g/mol. The highest BCUT2D eigenvalue weighted by Crippen LogP contribution is 2.24. The molecule has 5 nitrogen and oxygen atoms in total. The molecule has 0 fully saturated rings. The third-order valence-corrected chi connectivity index (χ3v) is 3.98. The summed E-state index contributed by atoms with van der Waals surface area (Å²) in [6.07, 6.45) is 0. The van der Waals surface area contributed by atoms with Gasteiger partial charge >= 0.3 is 5.97 Å². The van der Waals surface area contributed by atoms with Gasteiger partial charge in [-0.15, -0.1) is 0 Å². The van der Waals surface area contributed by atoms with E-state index in [4.69, 9.17) is 5.73 Å². The number of nitrogens with zero attached hydrogens (tertiary/aromatic N) is 1. The molecule has 7 heteroatoms. The molecule has 2 aromatic rings. The Morgan fingerprint density at radius 3 is 2.54 bits per heavy atom. The van der Waals surface area contributed by atoms with Gasteiger partial charge in [-0.2, -0.15) is 0 Å². The first-order valence-electron chi connectivity index (χ1n) is 7.07. The van der Waals surface area contributed by atoms with Crippen molar-refractivity contribution >= 4 is 33.5 Å². The van der Waals surface area contributed by atoms with E-state index < -0.39 is 17.7 Å². The zero-order valence-corrected chi connectivity index (χ0v) is 14.5. The fourth-order valence-electron chi connectivity index (χ4n) is 2.14. The molecule has 2 N–H and O–H groups in total. The van der Waals surface area contributed by atoms with Crippen molar-refractivity contribution < 1.29 is 18.7 Å². The smallest absolute Gasteiger partial charge is 0.325 e. The van der Waals surface area contributed by atoms with E-state index in [1.165, 1.54) is 18.1 Å². The molecule has 0 spiro atoms. The van der Waals surface area contributed by atoms with E-state index >= 15 is 0 Å². The van der Waals surface area contributed by atoms with Gasteiger partial charge in [0.25, 0.3) is 5.91 Å². The van der Waals surface area contributed by atoms with Crippen LogP contribution in [0.4, 0.5) is 10.1 Å². The summed E-state index contributed by atoms with van der Waals surface area (Å²) < 4.78 is 18.6. The maximum atomic E-state index is 13.8. The number of methoxy groups -OCH3 is 1. The molecule has 0 saturated heterocycles. The number of anilines is 1. The van der Waals surface area contributed by atoms with E-state index in [1.807, 2.05) is 30.3 Å². The normalized spacial score (nSPS) is 10.3. The number of esters is 1. The number of carbonyl (C=O) groups excluding carboxylic acids is 2. The van der Waals surface area contributed by atoms with Crippen LogP contribution in [0.2, 0.25) is 0 Å². The minimum absolute atomic E-state index is 0.00414. The van der Waals surface area contributed by atoms with Gasteiger partial charge in [0.15, 0.2) is 0 Å². The van der Waals surface area contributed by atoms with Crippen LogP contribution < -0.4 is 5.73 Å². The Bertz CT molecular complexity index is 753. The number of nitrogen functional groups attached to an aromatic ring is 1. The van der Waals surface area contributed by atoms with Gasteiger partial charge in [-0.3, -0.25) is 9.59 Å². The molecule has 2 aromatic carbocycles. The SMILES string of the molecule is COC(=O)CN(Cc1ccccc1)C(=O)c1cc(F)c(Br)cc1N. The van der Waals surface area contributed by atoms with Crippen LogP contribution in [0.3, 0.4) is 0 Å². The summed E-state index contributed by atoms with van der Waals surface area (Å²) in [5.41, 5.74) is 6.77. The zero-order chi connectivity index (χ0) is 17.7. The number of hydrogen-bond acceptors (Lipinski definition) is 4. The molecule has 0 aromatic heterocycles. The molecule has 0 unspecified atom stereocenters. The van der Waals surface area contributed by atoms with E-state index in [0.29, 0.717) is 0 Å². The van der Waals surface area contributed by atoms with Crippen LogP contribution in [-0.4, -0.2) is 30.4 Å². The Labute approximate surface area is 147 Å². The fourth-order valence-corrected chi connectivity index (χ4v) is 2.50. The number of rotatable bonds is 5. The predicted molar refractivity (Wildman–Crippen MR) is 91.7 cm³/mol. The maximum Gasteiger partial charge on any atom is 0.325 e. The van der Waals surface area contributed by atoms with Gasteiger partial charge in [0.2, 0.25) is 0 Å². The molecule has 2 rings (SSSR count). The maximum absolute atomic E-state index is 13.8. The van der Waals surface area contributed by atoms with Crippen LogP contribution >= 0.6 is 15.9 Å². The lowest BCUT2D eigenvalue weighted by Crippen LogP contribution is -2.36. The lowest BCUT2D eigenvalue weighted by Gasteiger charge is -2.22. The largest absolute Gasteiger partial charge is 0.468 e. The van der Waals surface area contributed by atoms with Crippen molar-refractivity contribution in [3.63, 3.8) is 0 Å². The number of hydrogen-bond donors (Lipinski definition) is 1. The molecule has 0 aliphatic carbocycles. The Morgan fingerprint density at radius 2 is 1.92 bits per heavy atom. The van der Waals surface area contributed by atoms with Crippen LogP contribution in [-0.2, 0) is 16.1 Å². The molecule has 0 radical (unpaired) electrons. The first-order valence-corrected chi connectivity index (χ1v) is 7.86. The molecule has 0 atom stereocenters.